The molecule has 0 aliphatic carbocycles. The molecule has 1 aromatic heterocycles. The van der Waals surface area contributed by atoms with Crippen LogP contribution in [0.5, 0.6) is 0 Å². The lowest BCUT2D eigenvalue weighted by Gasteiger charge is -1.88. The fourth-order valence-electron chi connectivity index (χ4n) is 0.830. The molecule has 0 aliphatic heterocycles. The average Bonchev–Trinajstić information content (AvgIpc) is 2.30. The van der Waals surface area contributed by atoms with Crippen molar-refractivity contribution in [1.82, 2.24) is 9.78 Å². The second kappa shape index (κ2) is 2.71. The molecule has 1 aromatic rings. The monoisotopic (exact) mass is 156 g/mol. The predicted molar refractivity (Wildman–Crippen MR) is 36.1 cm³/mol. The quantitative estimate of drug-likeness (QED) is 0.611. The molecular weight excluding hydrogens is 148 g/mol. The van der Waals surface area contributed by atoms with E-state index in [9.17, 15) is 4.79 Å². The number of hydrogen-bond donors (Lipinski definition) is 2. The van der Waals surface area contributed by atoms with Gasteiger partial charge in [-0.05, 0) is 0 Å². The van der Waals surface area contributed by atoms with Gasteiger partial charge in [0, 0.05) is 13.2 Å². The molecule has 5 nitrogen and oxygen atoms in total. The average molecular weight is 156 g/mol. The molecule has 0 atom stereocenters. The van der Waals surface area contributed by atoms with Crippen molar-refractivity contribution in [3.63, 3.8) is 0 Å². The van der Waals surface area contributed by atoms with Crippen LogP contribution in [0.1, 0.15) is 16.1 Å². The van der Waals surface area contributed by atoms with Gasteiger partial charge in [0.05, 0.1) is 6.61 Å². The van der Waals surface area contributed by atoms with Crippen LogP contribution in [0.25, 0.3) is 0 Å². The molecule has 2 N–H and O–H groups in total. The van der Waals surface area contributed by atoms with E-state index in [4.69, 9.17) is 10.2 Å². The highest BCUT2D eigenvalue weighted by atomic mass is 16.4. The summed E-state index contributed by atoms with van der Waals surface area (Å²) < 4.78 is 1.36. The topological polar surface area (TPSA) is 75.4 Å². The van der Waals surface area contributed by atoms with E-state index in [2.05, 4.69) is 5.10 Å². The van der Waals surface area contributed by atoms with Crippen LogP contribution in [0.3, 0.4) is 0 Å². The Balaban J connectivity index is 3.12. The Labute approximate surface area is 62.9 Å². The van der Waals surface area contributed by atoms with E-state index in [-0.39, 0.29) is 17.9 Å². The summed E-state index contributed by atoms with van der Waals surface area (Å²) in [7, 11) is 1.60. The zero-order valence-corrected chi connectivity index (χ0v) is 5.98. The van der Waals surface area contributed by atoms with Gasteiger partial charge in [0.1, 0.15) is 11.3 Å². The first-order chi connectivity index (χ1) is 5.15. The van der Waals surface area contributed by atoms with Gasteiger partial charge in [-0.15, -0.1) is 0 Å². The van der Waals surface area contributed by atoms with Gasteiger partial charge < -0.3 is 10.2 Å². The second-order valence-electron chi connectivity index (χ2n) is 2.13. The van der Waals surface area contributed by atoms with E-state index in [1.165, 1.54) is 10.9 Å². The van der Waals surface area contributed by atoms with Gasteiger partial charge in [-0.1, -0.05) is 0 Å². The first-order valence-corrected chi connectivity index (χ1v) is 3.02. The molecule has 0 saturated carbocycles. The van der Waals surface area contributed by atoms with Crippen LogP contribution in [0, 0.1) is 0 Å². The third-order valence-electron chi connectivity index (χ3n) is 1.29. The highest BCUT2D eigenvalue weighted by Crippen LogP contribution is 2.05. The number of aliphatic hydroxyl groups excluding tert-OH is 1. The van der Waals surface area contributed by atoms with Gasteiger partial charge in [-0.3, -0.25) is 4.68 Å². The maximum absolute atomic E-state index is 10.4. The predicted octanol–water partition coefficient (Wildman–Crippen LogP) is -0.389. The van der Waals surface area contributed by atoms with Crippen molar-refractivity contribution in [3.8, 4) is 0 Å². The minimum absolute atomic E-state index is 0.0509. The lowest BCUT2D eigenvalue weighted by Crippen LogP contribution is -1.99. The lowest BCUT2D eigenvalue weighted by molar-refractivity contribution is 0.0693. The van der Waals surface area contributed by atoms with Crippen LogP contribution in [-0.2, 0) is 13.7 Å². The summed E-state index contributed by atoms with van der Waals surface area (Å²) in [5.74, 6) is -1.07. The van der Waals surface area contributed by atoms with Crippen molar-refractivity contribution in [3.05, 3.63) is 17.5 Å². The minimum Gasteiger partial charge on any atom is -0.478 e. The molecule has 5 heteroatoms. The van der Waals surface area contributed by atoms with E-state index in [0.717, 1.165) is 0 Å². The lowest BCUT2D eigenvalue weighted by atomic mass is 10.2. The van der Waals surface area contributed by atoms with E-state index in [0.29, 0.717) is 0 Å². The summed E-state index contributed by atoms with van der Waals surface area (Å²) in [6, 6.07) is 0. The Morgan fingerprint density at radius 1 is 1.82 bits per heavy atom. The third-order valence-corrected chi connectivity index (χ3v) is 1.29. The third kappa shape index (κ3) is 1.38. The molecule has 60 valence electrons. The zero-order valence-electron chi connectivity index (χ0n) is 5.98. The maximum Gasteiger partial charge on any atom is 0.339 e. The molecule has 0 aliphatic rings. The number of aryl methyl sites for hydroxylation is 1. The highest BCUT2D eigenvalue weighted by molar-refractivity contribution is 5.88. The summed E-state index contributed by atoms with van der Waals surface area (Å²) in [6.07, 6.45) is 1.36. The van der Waals surface area contributed by atoms with Crippen molar-refractivity contribution < 1.29 is 15.0 Å². The summed E-state index contributed by atoms with van der Waals surface area (Å²) >= 11 is 0. The first kappa shape index (κ1) is 7.74. The van der Waals surface area contributed by atoms with E-state index < -0.39 is 5.97 Å². The summed E-state index contributed by atoms with van der Waals surface area (Å²) in [4.78, 5) is 10.4. The van der Waals surface area contributed by atoms with Crippen molar-refractivity contribution >= 4 is 5.97 Å². The molecule has 0 bridgehead atoms. The van der Waals surface area contributed by atoms with Gasteiger partial charge in [0.25, 0.3) is 0 Å². The number of aromatic carboxylic acids is 1. The summed E-state index contributed by atoms with van der Waals surface area (Å²) in [5.41, 5.74) is 0.245. The van der Waals surface area contributed by atoms with Crippen molar-refractivity contribution in [2.45, 2.75) is 6.61 Å². The van der Waals surface area contributed by atoms with Gasteiger partial charge in [-0.2, -0.15) is 5.10 Å². The fourth-order valence-corrected chi connectivity index (χ4v) is 0.830. The van der Waals surface area contributed by atoms with Gasteiger partial charge in [-0.25, -0.2) is 4.79 Å². The van der Waals surface area contributed by atoms with Crippen molar-refractivity contribution in [1.29, 1.82) is 0 Å². The number of rotatable bonds is 2. The molecular formula is C6H8N2O3. The normalized spacial score (nSPS) is 10.0. The Morgan fingerprint density at radius 3 is 2.82 bits per heavy atom. The van der Waals surface area contributed by atoms with E-state index in [1.54, 1.807) is 7.05 Å². The summed E-state index contributed by atoms with van der Waals surface area (Å²) in [5, 5.41) is 20.9. The maximum atomic E-state index is 10.4. The number of hydrogen-bond acceptors (Lipinski definition) is 3. The largest absolute Gasteiger partial charge is 0.478 e. The number of aliphatic hydroxyl groups is 1. The Kier molecular flexibility index (Phi) is 1.91. The number of carbonyl (C=O) groups is 1. The molecule has 1 heterocycles. The van der Waals surface area contributed by atoms with E-state index in [1.807, 2.05) is 0 Å². The minimum atomic E-state index is -1.07. The molecule has 11 heavy (non-hydrogen) atoms. The fraction of sp³-hybridized carbons (Fsp3) is 0.333. The number of carboxylic acid groups (broad SMARTS) is 1. The first-order valence-electron chi connectivity index (χ1n) is 3.02. The zero-order chi connectivity index (χ0) is 8.43. The van der Waals surface area contributed by atoms with Gasteiger partial charge in [0.15, 0.2) is 0 Å². The highest BCUT2D eigenvalue weighted by Gasteiger charge is 2.12. The number of carboxylic acids is 1. The Bertz CT molecular complexity index is 279. The van der Waals surface area contributed by atoms with Crippen LogP contribution < -0.4 is 0 Å². The molecule has 0 fully saturated rings. The standard InChI is InChI=1S/C6H8N2O3/c1-8-2-4(6(10)11)5(3-9)7-8/h2,9H,3H2,1H3,(H,10,11). The van der Waals surface area contributed by atoms with Crippen LogP contribution in [-0.4, -0.2) is 26.0 Å². The molecule has 0 radical (unpaired) electrons. The van der Waals surface area contributed by atoms with Gasteiger partial charge >= 0.3 is 5.97 Å². The van der Waals surface area contributed by atoms with Crippen LogP contribution in [0.4, 0.5) is 0 Å². The molecule has 1 rings (SSSR count). The van der Waals surface area contributed by atoms with Crippen LogP contribution in [0.15, 0.2) is 6.20 Å². The molecule has 0 saturated heterocycles. The number of aromatic nitrogens is 2. The second-order valence-corrected chi connectivity index (χ2v) is 2.13. The smallest absolute Gasteiger partial charge is 0.339 e. The van der Waals surface area contributed by atoms with Gasteiger partial charge in [0.2, 0.25) is 0 Å². The van der Waals surface area contributed by atoms with Crippen LogP contribution in [0.2, 0.25) is 0 Å². The van der Waals surface area contributed by atoms with Crippen molar-refractivity contribution in [2.24, 2.45) is 7.05 Å². The molecule has 0 unspecified atom stereocenters. The summed E-state index contributed by atoms with van der Waals surface area (Å²) in [6.45, 7) is -0.345. The Morgan fingerprint density at radius 2 is 2.45 bits per heavy atom. The molecule has 0 amide bonds. The van der Waals surface area contributed by atoms with E-state index >= 15 is 0 Å². The molecule has 0 aromatic carbocycles. The Hall–Kier alpha value is -1.36. The van der Waals surface area contributed by atoms with Crippen molar-refractivity contribution in [2.75, 3.05) is 0 Å². The SMILES string of the molecule is Cn1cc(C(=O)O)c(CO)n1. The van der Waals surface area contributed by atoms with Crippen LogP contribution >= 0.6 is 0 Å². The molecule has 0 spiro atoms. The number of nitrogens with zero attached hydrogens (tertiary/aromatic N) is 2.